The summed E-state index contributed by atoms with van der Waals surface area (Å²) in [6.45, 7) is 2.52. The van der Waals surface area contributed by atoms with Crippen molar-refractivity contribution >= 4 is 29.1 Å². The Bertz CT molecular complexity index is 495. The predicted molar refractivity (Wildman–Crippen MR) is 83.0 cm³/mol. The number of benzene rings is 1. The van der Waals surface area contributed by atoms with Crippen LogP contribution in [0, 0.1) is 5.41 Å². The minimum Gasteiger partial charge on any atom is -0.350 e. The van der Waals surface area contributed by atoms with Crippen molar-refractivity contribution in [1.82, 2.24) is 5.32 Å². The van der Waals surface area contributed by atoms with Crippen molar-refractivity contribution in [3.05, 3.63) is 33.8 Å². The number of halogens is 2. The zero-order valence-corrected chi connectivity index (χ0v) is 13.1. The Balaban J connectivity index is 1.95. The maximum absolute atomic E-state index is 12.1. The van der Waals surface area contributed by atoms with Gasteiger partial charge in [-0.1, -0.05) is 35.7 Å². The van der Waals surface area contributed by atoms with Crippen LogP contribution in [0.5, 0.6) is 0 Å². The molecule has 2 rings (SSSR count). The van der Waals surface area contributed by atoms with Gasteiger partial charge in [-0.05, 0) is 49.4 Å². The molecule has 0 saturated heterocycles. The molecular formula is C15H20Cl2N2O. The molecule has 3 nitrogen and oxygen atoms in total. The summed E-state index contributed by atoms with van der Waals surface area (Å²) in [6, 6.07) is 5.32. The Kier molecular flexibility index (Phi) is 4.95. The van der Waals surface area contributed by atoms with Crippen molar-refractivity contribution in [2.24, 2.45) is 11.1 Å². The van der Waals surface area contributed by atoms with Gasteiger partial charge in [-0.25, -0.2) is 0 Å². The molecule has 1 atom stereocenters. The number of nitrogens with one attached hydrogen (secondary N) is 1. The van der Waals surface area contributed by atoms with Gasteiger partial charge in [0.2, 0.25) is 5.91 Å². The highest BCUT2D eigenvalue weighted by atomic mass is 35.5. The van der Waals surface area contributed by atoms with Crippen molar-refractivity contribution < 1.29 is 4.79 Å². The Morgan fingerprint density at radius 2 is 2.10 bits per heavy atom. The van der Waals surface area contributed by atoms with Gasteiger partial charge < -0.3 is 11.1 Å². The van der Waals surface area contributed by atoms with Crippen molar-refractivity contribution in [3.63, 3.8) is 0 Å². The first-order valence-corrected chi connectivity index (χ1v) is 7.66. The topological polar surface area (TPSA) is 55.1 Å². The highest BCUT2D eigenvalue weighted by Crippen LogP contribution is 2.42. The molecule has 1 aliphatic rings. The molecule has 1 fully saturated rings. The summed E-state index contributed by atoms with van der Waals surface area (Å²) in [5.74, 6) is 0.0497. The molecule has 3 N–H and O–H groups in total. The second-order valence-electron chi connectivity index (χ2n) is 5.70. The van der Waals surface area contributed by atoms with Gasteiger partial charge in [-0.3, -0.25) is 4.79 Å². The average molecular weight is 315 g/mol. The number of carbonyl (C=O) groups is 1. The monoisotopic (exact) mass is 314 g/mol. The number of rotatable bonds is 5. The molecule has 0 spiro atoms. The van der Waals surface area contributed by atoms with Gasteiger partial charge >= 0.3 is 0 Å². The lowest BCUT2D eigenvalue weighted by Gasteiger charge is -2.40. The van der Waals surface area contributed by atoms with Crippen LogP contribution in [-0.4, -0.2) is 12.5 Å². The summed E-state index contributed by atoms with van der Waals surface area (Å²) in [7, 11) is 0. The lowest BCUT2D eigenvalue weighted by atomic mass is 9.66. The molecule has 1 aromatic rings. The molecule has 110 valence electrons. The number of amides is 1. The van der Waals surface area contributed by atoms with E-state index in [2.05, 4.69) is 5.32 Å². The third-order valence-electron chi connectivity index (χ3n) is 4.20. The molecule has 0 bridgehead atoms. The van der Waals surface area contributed by atoms with Crippen LogP contribution in [0.4, 0.5) is 0 Å². The van der Waals surface area contributed by atoms with E-state index in [0.29, 0.717) is 23.0 Å². The molecule has 1 unspecified atom stereocenters. The zero-order valence-electron chi connectivity index (χ0n) is 11.6. The smallest absolute Gasteiger partial charge is 0.221 e. The van der Waals surface area contributed by atoms with Crippen molar-refractivity contribution in [3.8, 4) is 0 Å². The van der Waals surface area contributed by atoms with Gasteiger partial charge in [0.25, 0.3) is 0 Å². The molecular weight excluding hydrogens is 295 g/mol. The third-order valence-corrected chi connectivity index (χ3v) is 4.94. The maximum atomic E-state index is 12.1. The van der Waals surface area contributed by atoms with Crippen LogP contribution < -0.4 is 11.1 Å². The second-order valence-corrected chi connectivity index (χ2v) is 6.51. The van der Waals surface area contributed by atoms with E-state index < -0.39 is 0 Å². The fourth-order valence-electron chi connectivity index (χ4n) is 2.63. The van der Waals surface area contributed by atoms with Gasteiger partial charge in [0.05, 0.1) is 16.1 Å². The average Bonchev–Trinajstić information content (AvgIpc) is 2.37. The summed E-state index contributed by atoms with van der Waals surface area (Å²) >= 11 is 11.9. The summed E-state index contributed by atoms with van der Waals surface area (Å²) < 4.78 is 0. The Labute approximate surface area is 129 Å². The minimum absolute atomic E-state index is 0.0292. The summed E-state index contributed by atoms with van der Waals surface area (Å²) in [6.07, 6.45) is 3.79. The zero-order chi connectivity index (χ0) is 14.8. The first kappa shape index (κ1) is 15.6. The fourth-order valence-corrected chi connectivity index (χ4v) is 2.93. The first-order valence-electron chi connectivity index (χ1n) is 6.90. The third kappa shape index (κ3) is 3.46. The van der Waals surface area contributed by atoms with Gasteiger partial charge in [-0.2, -0.15) is 0 Å². The van der Waals surface area contributed by atoms with E-state index in [1.165, 1.54) is 6.42 Å². The first-order chi connectivity index (χ1) is 9.46. The van der Waals surface area contributed by atoms with E-state index >= 15 is 0 Å². The quantitative estimate of drug-likeness (QED) is 0.870. The Hall–Kier alpha value is -0.770. The normalized spacial score (nSPS) is 18.2. The standard InChI is InChI=1S/C15H20Cl2N2O/c1-10(11-3-4-12(16)13(17)7-11)19-14(20)8-15(9-18)5-2-6-15/h3-4,7,10H,2,5-6,8-9,18H2,1H3,(H,19,20). The van der Waals surface area contributed by atoms with Crippen molar-refractivity contribution in [2.75, 3.05) is 6.54 Å². The minimum atomic E-state index is -0.0906. The van der Waals surface area contributed by atoms with Gasteiger partial charge in [0.15, 0.2) is 0 Å². The second kappa shape index (κ2) is 6.33. The molecule has 0 heterocycles. The lowest BCUT2D eigenvalue weighted by molar-refractivity contribution is -0.125. The summed E-state index contributed by atoms with van der Waals surface area (Å²) in [5, 5.41) is 4.03. The lowest BCUT2D eigenvalue weighted by Crippen LogP contribution is -2.42. The van der Waals surface area contributed by atoms with E-state index in [1.807, 2.05) is 13.0 Å². The van der Waals surface area contributed by atoms with Crippen LogP contribution in [0.25, 0.3) is 0 Å². The van der Waals surface area contributed by atoms with Crippen LogP contribution in [0.1, 0.15) is 44.2 Å². The number of hydrogen-bond acceptors (Lipinski definition) is 2. The number of nitrogens with two attached hydrogens (primary N) is 1. The van der Waals surface area contributed by atoms with E-state index in [4.69, 9.17) is 28.9 Å². The number of hydrogen-bond donors (Lipinski definition) is 2. The van der Waals surface area contributed by atoms with Crippen LogP contribution in [0.2, 0.25) is 10.0 Å². The highest BCUT2D eigenvalue weighted by Gasteiger charge is 2.37. The SMILES string of the molecule is CC(NC(=O)CC1(CN)CCC1)c1ccc(Cl)c(Cl)c1. The molecule has 1 saturated carbocycles. The van der Waals surface area contributed by atoms with Crippen LogP contribution >= 0.6 is 23.2 Å². The fraction of sp³-hybridized carbons (Fsp3) is 0.533. The Morgan fingerprint density at radius 3 is 2.60 bits per heavy atom. The van der Waals surface area contributed by atoms with Gasteiger partial charge in [0, 0.05) is 6.42 Å². The molecule has 1 aromatic carbocycles. The largest absolute Gasteiger partial charge is 0.350 e. The van der Waals surface area contributed by atoms with E-state index in [9.17, 15) is 4.79 Å². The molecule has 20 heavy (non-hydrogen) atoms. The van der Waals surface area contributed by atoms with Gasteiger partial charge in [0.1, 0.15) is 0 Å². The molecule has 0 aliphatic heterocycles. The van der Waals surface area contributed by atoms with Crippen LogP contribution in [0.3, 0.4) is 0 Å². The van der Waals surface area contributed by atoms with Crippen LogP contribution in [-0.2, 0) is 4.79 Å². The van der Waals surface area contributed by atoms with E-state index in [1.54, 1.807) is 12.1 Å². The van der Waals surface area contributed by atoms with Crippen molar-refractivity contribution in [1.29, 1.82) is 0 Å². The molecule has 1 amide bonds. The molecule has 1 aliphatic carbocycles. The van der Waals surface area contributed by atoms with E-state index in [-0.39, 0.29) is 17.4 Å². The summed E-state index contributed by atoms with van der Waals surface area (Å²) in [4.78, 5) is 12.1. The highest BCUT2D eigenvalue weighted by molar-refractivity contribution is 6.42. The maximum Gasteiger partial charge on any atom is 0.221 e. The van der Waals surface area contributed by atoms with Gasteiger partial charge in [-0.15, -0.1) is 0 Å². The molecule has 0 aromatic heterocycles. The van der Waals surface area contributed by atoms with Crippen LogP contribution in [0.15, 0.2) is 18.2 Å². The van der Waals surface area contributed by atoms with E-state index in [0.717, 1.165) is 18.4 Å². The molecule has 0 radical (unpaired) electrons. The number of carbonyl (C=O) groups excluding carboxylic acids is 1. The Morgan fingerprint density at radius 1 is 1.40 bits per heavy atom. The van der Waals surface area contributed by atoms with Crippen molar-refractivity contribution in [2.45, 2.75) is 38.6 Å². The summed E-state index contributed by atoms with van der Waals surface area (Å²) in [5.41, 5.74) is 6.76. The molecule has 5 heteroatoms. The predicted octanol–water partition coefficient (Wildman–Crippen LogP) is 3.69.